The van der Waals surface area contributed by atoms with Gasteiger partial charge in [0, 0.05) is 28.9 Å². The van der Waals surface area contributed by atoms with E-state index in [0.717, 1.165) is 13.3 Å². The van der Waals surface area contributed by atoms with Crippen LogP contribution in [-0.2, 0) is 20.7 Å². The van der Waals surface area contributed by atoms with Crippen LogP contribution in [0.25, 0.3) is 0 Å². The molecule has 1 aliphatic carbocycles. The number of ether oxygens (including phenoxy) is 1. The summed E-state index contributed by atoms with van der Waals surface area (Å²) in [5.41, 5.74) is -0.236. The van der Waals surface area contributed by atoms with E-state index in [0.29, 0.717) is 26.7 Å². The monoisotopic (exact) mass is 521 g/mol. The van der Waals surface area contributed by atoms with Crippen molar-refractivity contribution in [1.82, 2.24) is 15.1 Å². The molecule has 1 aliphatic rings. The van der Waals surface area contributed by atoms with Crippen LogP contribution in [0.4, 0.5) is 13.2 Å². The van der Waals surface area contributed by atoms with Gasteiger partial charge in [0.2, 0.25) is 5.91 Å². The van der Waals surface area contributed by atoms with E-state index in [9.17, 15) is 22.8 Å². The van der Waals surface area contributed by atoms with Crippen molar-refractivity contribution in [2.45, 2.75) is 37.8 Å². The van der Waals surface area contributed by atoms with Gasteiger partial charge >= 0.3 is 12.5 Å². The number of hydrogen-bond acceptors (Lipinski definition) is 4. The third-order valence-corrected chi connectivity index (χ3v) is 6.17. The normalized spacial score (nSPS) is 21.1. The van der Waals surface area contributed by atoms with Crippen LogP contribution in [-0.4, -0.2) is 40.7 Å². The number of alkyl halides is 3. The second-order valence-electron chi connectivity index (χ2n) is 7.38. The van der Waals surface area contributed by atoms with Gasteiger partial charge in [-0.25, -0.2) is 13.9 Å². The largest absolute Gasteiger partial charge is 0.467 e. The average Bonchev–Trinajstić information content (AvgIpc) is 3.24. The molecular weight excluding hydrogens is 503 g/mol. The average molecular weight is 523 g/mol. The predicted octanol–water partition coefficient (Wildman–Crippen LogP) is 4.18. The third kappa shape index (κ3) is 5.06. The van der Waals surface area contributed by atoms with Gasteiger partial charge in [0.05, 0.1) is 18.7 Å². The zero-order valence-corrected chi connectivity index (χ0v) is 18.8. The molecule has 0 saturated heterocycles. The maximum atomic E-state index is 14.4. The summed E-state index contributed by atoms with van der Waals surface area (Å²) in [6.07, 6.45) is 2.87. The molecule has 1 aromatic heterocycles. The first-order valence-corrected chi connectivity index (χ1v) is 10.8. The van der Waals surface area contributed by atoms with Gasteiger partial charge in [0.1, 0.15) is 11.9 Å². The highest BCUT2D eigenvalue weighted by atomic mass is 79.9. The molecular formula is C20H20BrClF3N3O3. The Hall–Kier alpha value is -2.07. The summed E-state index contributed by atoms with van der Waals surface area (Å²) in [6, 6.07) is 3.52. The molecule has 11 heteroatoms. The summed E-state index contributed by atoms with van der Waals surface area (Å²) >= 11 is 9.13. The molecule has 0 unspecified atom stereocenters. The van der Waals surface area contributed by atoms with Crippen LogP contribution in [0.3, 0.4) is 0 Å². The number of amides is 1. The van der Waals surface area contributed by atoms with Crippen LogP contribution in [0.15, 0.2) is 35.1 Å². The zero-order valence-electron chi connectivity index (χ0n) is 16.5. The molecule has 1 fully saturated rings. The van der Waals surface area contributed by atoms with Crippen LogP contribution < -0.4 is 5.32 Å². The molecule has 0 bridgehead atoms. The van der Waals surface area contributed by atoms with Gasteiger partial charge in [0.15, 0.2) is 0 Å². The second-order valence-corrected chi connectivity index (χ2v) is 8.67. The second kappa shape index (κ2) is 9.60. The van der Waals surface area contributed by atoms with E-state index in [1.54, 1.807) is 12.1 Å². The number of carbonyl (C=O) groups is 2. The van der Waals surface area contributed by atoms with E-state index in [-0.39, 0.29) is 24.6 Å². The van der Waals surface area contributed by atoms with Gasteiger partial charge in [-0.3, -0.25) is 4.79 Å². The van der Waals surface area contributed by atoms with E-state index in [1.165, 1.54) is 12.3 Å². The Morgan fingerprint density at radius 3 is 2.77 bits per heavy atom. The Morgan fingerprint density at radius 2 is 2.19 bits per heavy atom. The zero-order chi connectivity index (χ0) is 22.8. The quantitative estimate of drug-likeness (QED) is 0.396. The van der Waals surface area contributed by atoms with Gasteiger partial charge < -0.3 is 10.1 Å². The summed E-state index contributed by atoms with van der Waals surface area (Å²) in [6.45, 7) is -2.82. The van der Waals surface area contributed by atoms with Crippen LogP contribution in [0.1, 0.15) is 36.4 Å². The van der Waals surface area contributed by atoms with Gasteiger partial charge in [-0.15, -0.1) is 11.6 Å². The molecule has 1 heterocycles. The first kappa shape index (κ1) is 23.6. The van der Waals surface area contributed by atoms with Gasteiger partial charge in [-0.2, -0.15) is 13.9 Å². The molecule has 2 aromatic rings. The van der Waals surface area contributed by atoms with E-state index < -0.39 is 35.7 Å². The lowest BCUT2D eigenvalue weighted by molar-refractivity contribution is -0.145. The van der Waals surface area contributed by atoms with Crippen molar-refractivity contribution in [1.29, 1.82) is 0 Å². The minimum atomic E-state index is -2.82. The van der Waals surface area contributed by atoms with Gasteiger partial charge in [0.25, 0.3) is 0 Å². The van der Waals surface area contributed by atoms with Crippen molar-refractivity contribution < 1.29 is 27.5 Å². The lowest BCUT2D eigenvalue weighted by Crippen LogP contribution is -2.46. The standard InChI is InChI=1S/C20H20BrClF3N3O3/c1-31-17(29)16(6-11-9-26-28(10-11)19(24)25)27-18(30)20(4-5-22)8-14(20)13-3-2-12(21)7-15(13)23/h2-3,7,9-10,14,16,19H,4-6,8H2,1H3,(H,27,30)/t14-,16-,20+/m1/s1. The Bertz CT molecular complexity index is 974. The lowest BCUT2D eigenvalue weighted by Gasteiger charge is -2.21. The Morgan fingerprint density at radius 1 is 1.45 bits per heavy atom. The number of hydrogen-bond donors (Lipinski definition) is 1. The van der Waals surface area contributed by atoms with Crippen LogP contribution in [0.5, 0.6) is 0 Å². The SMILES string of the molecule is COC(=O)[C@@H](Cc1cnn(C(F)F)c1)NC(=O)[C@@]1(CCCl)C[C@@H]1c1ccc(Br)cc1F. The van der Waals surface area contributed by atoms with Crippen molar-refractivity contribution in [3.63, 3.8) is 0 Å². The first-order valence-electron chi connectivity index (χ1n) is 9.42. The fraction of sp³-hybridized carbons (Fsp3) is 0.450. The molecule has 3 atom stereocenters. The molecule has 3 rings (SSSR count). The third-order valence-electron chi connectivity index (χ3n) is 5.49. The molecule has 1 amide bonds. The molecule has 0 aliphatic heterocycles. The van der Waals surface area contributed by atoms with E-state index >= 15 is 0 Å². The minimum Gasteiger partial charge on any atom is -0.467 e. The van der Waals surface area contributed by atoms with Gasteiger partial charge in [-0.1, -0.05) is 22.0 Å². The van der Waals surface area contributed by atoms with Crippen molar-refractivity contribution in [3.05, 3.63) is 52.0 Å². The molecule has 168 valence electrons. The highest BCUT2D eigenvalue weighted by Crippen LogP contribution is 2.62. The predicted molar refractivity (Wildman–Crippen MR) is 110 cm³/mol. The number of esters is 1. The number of nitrogens with zero attached hydrogens (tertiary/aromatic N) is 2. The van der Waals surface area contributed by atoms with Crippen molar-refractivity contribution in [2.24, 2.45) is 5.41 Å². The first-order chi connectivity index (χ1) is 14.7. The summed E-state index contributed by atoms with van der Waals surface area (Å²) < 4.78 is 45.8. The fourth-order valence-corrected chi connectivity index (χ4v) is 4.44. The van der Waals surface area contributed by atoms with E-state index in [2.05, 4.69) is 26.3 Å². The van der Waals surface area contributed by atoms with Gasteiger partial charge in [-0.05, 0) is 36.1 Å². The Labute approximate surface area is 190 Å². The molecule has 31 heavy (non-hydrogen) atoms. The summed E-state index contributed by atoms with van der Waals surface area (Å²) in [5, 5.41) is 6.18. The highest BCUT2D eigenvalue weighted by molar-refractivity contribution is 9.10. The highest BCUT2D eigenvalue weighted by Gasteiger charge is 2.60. The van der Waals surface area contributed by atoms with Crippen LogP contribution in [0.2, 0.25) is 0 Å². The minimum absolute atomic E-state index is 0.0839. The lowest BCUT2D eigenvalue weighted by atomic mass is 9.94. The van der Waals surface area contributed by atoms with E-state index in [1.807, 2.05) is 0 Å². The molecule has 0 radical (unpaired) electrons. The van der Waals surface area contributed by atoms with Crippen molar-refractivity contribution in [3.8, 4) is 0 Å². The Balaban J connectivity index is 1.79. The Kier molecular flexibility index (Phi) is 7.31. The molecule has 1 aromatic carbocycles. The number of methoxy groups -OCH3 is 1. The van der Waals surface area contributed by atoms with E-state index in [4.69, 9.17) is 16.3 Å². The smallest absolute Gasteiger partial charge is 0.333 e. The number of nitrogens with one attached hydrogen (secondary N) is 1. The van der Waals surface area contributed by atoms with Crippen molar-refractivity contribution in [2.75, 3.05) is 13.0 Å². The molecule has 1 saturated carbocycles. The number of halogens is 5. The molecule has 0 spiro atoms. The summed E-state index contributed by atoms with van der Waals surface area (Å²) in [7, 11) is 1.16. The van der Waals surface area contributed by atoms with Crippen LogP contribution >= 0.6 is 27.5 Å². The fourth-order valence-electron chi connectivity index (χ4n) is 3.77. The topological polar surface area (TPSA) is 73.2 Å². The maximum Gasteiger partial charge on any atom is 0.333 e. The van der Waals surface area contributed by atoms with Crippen LogP contribution in [0, 0.1) is 11.2 Å². The summed E-state index contributed by atoms with van der Waals surface area (Å²) in [4.78, 5) is 25.4. The maximum absolute atomic E-state index is 14.4. The molecule has 1 N–H and O–H groups in total. The number of benzene rings is 1. The summed E-state index contributed by atoms with van der Waals surface area (Å²) in [5.74, 6) is -1.85. The molecule has 6 nitrogen and oxygen atoms in total. The number of rotatable bonds is 9. The van der Waals surface area contributed by atoms with Crippen molar-refractivity contribution >= 4 is 39.4 Å². The number of carbonyl (C=O) groups excluding carboxylic acids is 2. The number of aromatic nitrogens is 2.